The SMILES string of the molecule is CCOC(=O)/C(Cc1ccccc1)=N/NC1CSc2ccccc2C1=O. The number of nitrogens with zero attached hydrogens (tertiary/aromatic N) is 1. The van der Waals surface area contributed by atoms with Gasteiger partial charge in [-0.2, -0.15) is 5.10 Å². The Morgan fingerprint density at radius 3 is 2.69 bits per heavy atom. The number of fused-ring (bicyclic) bond motifs is 1. The highest BCUT2D eigenvalue weighted by Gasteiger charge is 2.27. The summed E-state index contributed by atoms with van der Waals surface area (Å²) >= 11 is 1.61. The Kier molecular flexibility index (Phi) is 6.07. The zero-order valence-electron chi connectivity index (χ0n) is 14.5. The zero-order chi connectivity index (χ0) is 18.4. The molecule has 0 saturated heterocycles. The van der Waals surface area contributed by atoms with E-state index in [1.54, 1.807) is 18.7 Å². The molecular formula is C20H20N2O3S. The first-order valence-electron chi connectivity index (χ1n) is 8.48. The highest BCUT2D eigenvalue weighted by atomic mass is 32.2. The summed E-state index contributed by atoms with van der Waals surface area (Å²) in [5.74, 6) is 0.0898. The van der Waals surface area contributed by atoms with Gasteiger partial charge in [0.15, 0.2) is 5.78 Å². The second kappa shape index (κ2) is 8.67. The summed E-state index contributed by atoms with van der Waals surface area (Å²) in [4.78, 5) is 25.8. The maximum absolute atomic E-state index is 12.6. The molecule has 1 atom stereocenters. The lowest BCUT2D eigenvalue weighted by atomic mass is 10.1. The van der Waals surface area contributed by atoms with E-state index in [2.05, 4.69) is 10.5 Å². The molecule has 0 aromatic heterocycles. The van der Waals surface area contributed by atoms with Crippen molar-refractivity contribution in [3.05, 3.63) is 65.7 Å². The Balaban J connectivity index is 1.76. The number of hydrazone groups is 1. The zero-order valence-corrected chi connectivity index (χ0v) is 15.3. The molecule has 134 valence electrons. The van der Waals surface area contributed by atoms with E-state index >= 15 is 0 Å². The minimum absolute atomic E-state index is 0.00831. The van der Waals surface area contributed by atoms with Gasteiger partial charge >= 0.3 is 5.97 Å². The van der Waals surface area contributed by atoms with E-state index < -0.39 is 12.0 Å². The molecule has 5 nitrogen and oxygen atoms in total. The average Bonchev–Trinajstić information content (AvgIpc) is 2.67. The third-order valence-corrected chi connectivity index (χ3v) is 5.12. The number of Topliss-reactive ketones (excluding diaryl/α,β-unsaturated/α-hetero) is 1. The van der Waals surface area contributed by atoms with Crippen LogP contribution in [0.4, 0.5) is 0 Å². The van der Waals surface area contributed by atoms with Gasteiger partial charge in [-0.15, -0.1) is 11.8 Å². The van der Waals surface area contributed by atoms with Gasteiger partial charge in [0.2, 0.25) is 0 Å². The van der Waals surface area contributed by atoms with Crippen LogP contribution in [0.1, 0.15) is 22.8 Å². The fourth-order valence-corrected chi connectivity index (χ4v) is 3.72. The second-order valence-electron chi connectivity index (χ2n) is 5.79. The number of esters is 1. The predicted molar refractivity (Wildman–Crippen MR) is 103 cm³/mol. The lowest BCUT2D eigenvalue weighted by Crippen LogP contribution is -2.39. The number of ether oxygens (including phenoxy) is 1. The van der Waals surface area contributed by atoms with Gasteiger partial charge in [0, 0.05) is 22.6 Å². The summed E-state index contributed by atoms with van der Waals surface area (Å²) in [5.41, 5.74) is 4.79. The van der Waals surface area contributed by atoms with Crippen molar-refractivity contribution in [3.8, 4) is 0 Å². The molecule has 1 aliphatic heterocycles. The van der Waals surface area contributed by atoms with Crippen LogP contribution >= 0.6 is 11.8 Å². The average molecular weight is 368 g/mol. The van der Waals surface area contributed by atoms with E-state index in [1.807, 2.05) is 54.6 Å². The van der Waals surface area contributed by atoms with Crippen molar-refractivity contribution in [2.45, 2.75) is 24.3 Å². The number of rotatable bonds is 6. The van der Waals surface area contributed by atoms with E-state index in [0.29, 0.717) is 17.7 Å². The van der Waals surface area contributed by atoms with E-state index in [9.17, 15) is 9.59 Å². The topological polar surface area (TPSA) is 67.8 Å². The van der Waals surface area contributed by atoms with E-state index in [1.165, 1.54) is 0 Å². The highest BCUT2D eigenvalue weighted by Crippen LogP contribution is 2.29. The predicted octanol–water partition coefficient (Wildman–Crippen LogP) is 3.10. The number of nitrogens with one attached hydrogen (secondary N) is 1. The summed E-state index contributed by atoms with van der Waals surface area (Å²) in [6.07, 6.45) is 0.345. The van der Waals surface area contributed by atoms with Crippen molar-refractivity contribution in [1.29, 1.82) is 0 Å². The lowest BCUT2D eigenvalue weighted by Gasteiger charge is -2.22. The van der Waals surface area contributed by atoms with Crippen LogP contribution in [0.15, 0.2) is 64.6 Å². The number of thioether (sulfide) groups is 1. The Morgan fingerprint density at radius 2 is 1.92 bits per heavy atom. The fourth-order valence-electron chi connectivity index (χ4n) is 2.65. The normalized spacial score (nSPS) is 16.7. The Bertz CT molecular complexity index is 821. The summed E-state index contributed by atoms with van der Waals surface area (Å²) < 4.78 is 5.10. The smallest absolute Gasteiger partial charge is 0.354 e. The number of benzene rings is 2. The van der Waals surface area contributed by atoms with E-state index in [0.717, 1.165) is 10.5 Å². The molecule has 0 spiro atoms. The summed E-state index contributed by atoms with van der Waals surface area (Å²) in [7, 11) is 0. The second-order valence-corrected chi connectivity index (χ2v) is 6.86. The number of carbonyl (C=O) groups excluding carboxylic acids is 2. The number of hydrogen-bond donors (Lipinski definition) is 1. The largest absolute Gasteiger partial charge is 0.461 e. The van der Waals surface area contributed by atoms with Crippen molar-refractivity contribution in [1.82, 2.24) is 5.43 Å². The summed E-state index contributed by atoms with van der Waals surface area (Å²) in [5, 5.41) is 4.24. The van der Waals surface area contributed by atoms with Crippen LogP contribution in [-0.4, -0.2) is 35.9 Å². The summed E-state index contributed by atoms with van der Waals surface area (Å²) in [6.45, 7) is 2.03. The molecule has 3 rings (SSSR count). The third-order valence-electron chi connectivity index (χ3n) is 3.96. The monoisotopic (exact) mass is 368 g/mol. The van der Waals surface area contributed by atoms with Gasteiger partial charge in [-0.25, -0.2) is 4.79 Å². The maximum Gasteiger partial charge on any atom is 0.354 e. The summed E-state index contributed by atoms with van der Waals surface area (Å²) in [6, 6.07) is 16.6. The Morgan fingerprint density at radius 1 is 1.19 bits per heavy atom. The molecule has 1 unspecified atom stereocenters. The molecule has 0 radical (unpaired) electrons. The van der Waals surface area contributed by atoms with Crippen LogP contribution < -0.4 is 5.43 Å². The first-order valence-corrected chi connectivity index (χ1v) is 9.46. The van der Waals surface area contributed by atoms with Crippen LogP contribution in [0.5, 0.6) is 0 Å². The van der Waals surface area contributed by atoms with Crippen molar-refractivity contribution < 1.29 is 14.3 Å². The molecule has 0 bridgehead atoms. The van der Waals surface area contributed by atoms with Gasteiger partial charge < -0.3 is 4.74 Å². The van der Waals surface area contributed by atoms with Crippen LogP contribution in [-0.2, 0) is 16.0 Å². The van der Waals surface area contributed by atoms with Crippen molar-refractivity contribution in [2.75, 3.05) is 12.4 Å². The molecule has 0 saturated carbocycles. The van der Waals surface area contributed by atoms with Crippen LogP contribution in [0.25, 0.3) is 0 Å². The molecule has 0 amide bonds. The van der Waals surface area contributed by atoms with Crippen LogP contribution in [0.3, 0.4) is 0 Å². The van der Waals surface area contributed by atoms with Crippen LogP contribution in [0, 0.1) is 0 Å². The van der Waals surface area contributed by atoms with Crippen LogP contribution in [0.2, 0.25) is 0 Å². The fraction of sp³-hybridized carbons (Fsp3) is 0.250. The Labute approximate surface area is 156 Å². The molecular weight excluding hydrogens is 348 g/mol. The number of ketones is 1. The molecule has 6 heteroatoms. The first kappa shape index (κ1) is 18.2. The first-order chi connectivity index (χ1) is 12.7. The third kappa shape index (κ3) is 4.32. The lowest BCUT2D eigenvalue weighted by molar-refractivity contribution is -0.135. The minimum atomic E-state index is -0.472. The molecule has 2 aromatic rings. The van der Waals surface area contributed by atoms with E-state index in [4.69, 9.17) is 4.74 Å². The Hall–Kier alpha value is -2.60. The van der Waals surface area contributed by atoms with Gasteiger partial charge in [-0.1, -0.05) is 48.5 Å². The van der Waals surface area contributed by atoms with Gasteiger partial charge in [0.1, 0.15) is 11.8 Å². The standard InChI is InChI=1S/C20H20N2O3S/c1-2-25-20(24)16(12-14-8-4-3-5-9-14)21-22-17-13-26-18-11-7-6-10-15(18)19(17)23/h3-11,17,22H,2,12-13H2,1H3/b21-16+. The molecule has 0 aliphatic carbocycles. The van der Waals surface area contributed by atoms with Gasteiger partial charge in [-0.05, 0) is 18.6 Å². The van der Waals surface area contributed by atoms with Crippen molar-refractivity contribution >= 4 is 29.2 Å². The molecule has 26 heavy (non-hydrogen) atoms. The van der Waals surface area contributed by atoms with Gasteiger partial charge in [-0.3, -0.25) is 10.2 Å². The van der Waals surface area contributed by atoms with Gasteiger partial charge in [0.25, 0.3) is 0 Å². The minimum Gasteiger partial charge on any atom is -0.461 e. The molecule has 1 N–H and O–H groups in total. The molecule has 1 aliphatic rings. The molecule has 2 aromatic carbocycles. The maximum atomic E-state index is 12.6. The number of hydrogen-bond acceptors (Lipinski definition) is 6. The number of carbonyl (C=O) groups is 2. The van der Waals surface area contributed by atoms with Crippen molar-refractivity contribution in [3.63, 3.8) is 0 Å². The van der Waals surface area contributed by atoms with Crippen molar-refractivity contribution in [2.24, 2.45) is 5.10 Å². The molecule has 0 fully saturated rings. The quantitative estimate of drug-likeness (QED) is 0.482. The molecule has 1 heterocycles. The van der Waals surface area contributed by atoms with Gasteiger partial charge in [0.05, 0.1) is 6.61 Å². The van der Waals surface area contributed by atoms with E-state index in [-0.39, 0.29) is 18.1 Å². The highest BCUT2D eigenvalue weighted by molar-refractivity contribution is 7.99.